The number of aromatic nitrogens is 3. The van der Waals surface area contributed by atoms with Crippen molar-refractivity contribution in [2.45, 2.75) is 0 Å². The van der Waals surface area contributed by atoms with Gasteiger partial charge >= 0.3 is 5.91 Å². The lowest BCUT2D eigenvalue weighted by molar-refractivity contribution is 0.0943. The van der Waals surface area contributed by atoms with Gasteiger partial charge in [-0.3, -0.25) is 9.20 Å². The Morgan fingerprint density at radius 2 is 2.22 bits per heavy atom. The molecule has 0 aliphatic rings. The first-order chi connectivity index (χ1) is 11.1. The Labute approximate surface area is 143 Å². The second kappa shape index (κ2) is 6.35. The lowest BCUT2D eigenvalue weighted by Gasteiger charge is -2.00. The summed E-state index contributed by atoms with van der Waals surface area (Å²) in [6.07, 6.45) is 2.95. The highest BCUT2D eigenvalue weighted by Gasteiger charge is 2.14. The van der Waals surface area contributed by atoms with Crippen LogP contribution >= 0.6 is 27.5 Å². The number of carbonyl (C=O) groups is 1. The van der Waals surface area contributed by atoms with Gasteiger partial charge in [-0.15, -0.1) is 10.2 Å². The SMILES string of the molecule is O=C(NN=Cc1cc(Br)ccc1O)c1nnc2c(Cl)cccn12. The third-order valence-electron chi connectivity index (χ3n) is 2.95. The van der Waals surface area contributed by atoms with Crippen molar-refractivity contribution in [2.75, 3.05) is 0 Å². The maximum absolute atomic E-state index is 12.1. The Balaban J connectivity index is 1.80. The Hall–Kier alpha value is -2.45. The van der Waals surface area contributed by atoms with Crippen LogP contribution in [0.2, 0.25) is 5.02 Å². The summed E-state index contributed by atoms with van der Waals surface area (Å²) in [7, 11) is 0. The van der Waals surface area contributed by atoms with Crippen LogP contribution in [0, 0.1) is 0 Å². The third-order valence-corrected chi connectivity index (χ3v) is 3.74. The lowest BCUT2D eigenvalue weighted by Crippen LogP contribution is -2.20. The number of benzene rings is 1. The van der Waals surface area contributed by atoms with E-state index in [0.29, 0.717) is 16.2 Å². The van der Waals surface area contributed by atoms with Crippen molar-refractivity contribution in [2.24, 2.45) is 5.10 Å². The molecule has 0 aliphatic heterocycles. The van der Waals surface area contributed by atoms with Gasteiger partial charge < -0.3 is 5.11 Å². The molecule has 0 radical (unpaired) electrons. The fourth-order valence-corrected chi connectivity index (χ4v) is 2.46. The average molecular weight is 395 g/mol. The van der Waals surface area contributed by atoms with Crippen molar-refractivity contribution in [1.82, 2.24) is 20.0 Å². The number of halogens is 2. The van der Waals surface area contributed by atoms with Crippen molar-refractivity contribution < 1.29 is 9.90 Å². The van der Waals surface area contributed by atoms with E-state index in [2.05, 4.69) is 36.7 Å². The molecule has 7 nitrogen and oxygen atoms in total. The standard InChI is InChI=1S/C14H9BrClN5O2/c15-9-3-4-11(22)8(6-9)7-17-20-14(23)13-19-18-12-10(16)2-1-5-21(12)13/h1-7,22H,(H,20,23). The smallest absolute Gasteiger partial charge is 0.309 e. The van der Waals surface area contributed by atoms with Crippen LogP contribution < -0.4 is 5.43 Å². The molecule has 1 amide bonds. The van der Waals surface area contributed by atoms with E-state index >= 15 is 0 Å². The summed E-state index contributed by atoms with van der Waals surface area (Å²) < 4.78 is 2.24. The maximum atomic E-state index is 12.1. The molecule has 23 heavy (non-hydrogen) atoms. The zero-order valence-electron chi connectivity index (χ0n) is 11.4. The van der Waals surface area contributed by atoms with Crippen molar-refractivity contribution in [3.05, 3.63) is 57.4 Å². The number of hydrogen-bond acceptors (Lipinski definition) is 5. The van der Waals surface area contributed by atoms with Crippen molar-refractivity contribution in [1.29, 1.82) is 0 Å². The number of fused-ring (bicyclic) bond motifs is 1. The van der Waals surface area contributed by atoms with Crippen molar-refractivity contribution >= 4 is 45.3 Å². The van der Waals surface area contributed by atoms with E-state index in [4.69, 9.17) is 11.6 Å². The number of phenolic OH excluding ortho intramolecular Hbond substituents is 1. The Morgan fingerprint density at radius 3 is 3.04 bits per heavy atom. The Kier molecular flexibility index (Phi) is 4.26. The van der Waals surface area contributed by atoms with Crippen LogP contribution in [-0.2, 0) is 0 Å². The topological polar surface area (TPSA) is 91.9 Å². The van der Waals surface area contributed by atoms with E-state index in [-0.39, 0.29) is 11.6 Å². The zero-order chi connectivity index (χ0) is 16.4. The molecule has 2 N–H and O–H groups in total. The van der Waals surface area contributed by atoms with Crippen molar-refractivity contribution in [3.8, 4) is 5.75 Å². The Bertz CT molecular complexity index is 925. The first-order valence-electron chi connectivity index (χ1n) is 6.37. The Morgan fingerprint density at radius 1 is 1.39 bits per heavy atom. The van der Waals surface area contributed by atoms with Gasteiger partial charge in [0.2, 0.25) is 5.82 Å². The van der Waals surface area contributed by atoms with E-state index in [1.54, 1.807) is 30.5 Å². The summed E-state index contributed by atoms with van der Waals surface area (Å²) in [5, 5.41) is 21.5. The number of amides is 1. The number of hydrogen-bond donors (Lipinski definition) is 2. The quantitative estimate of drug-likeness (QED) is 0.528. The largest absolute Gasteiger partial charge is 0.507 e. The minimum absolute atomic E-state index is 0.0471. The molecule has 3 aromatic rings. The van der Waals surface area contributed by atoms with Gasteiger partial charge in [-0.2, -0.15) is 5.10 Å². The van der Waals surface area contributed by atoms with Crippen molar-refractivity contribution in [3.63, 3.8) is 0 Å². The number of phenols is 1. The number of aromatic hydroxyl groups is 1. The van der Waals surface area contributed by atoms with Gasteiger partial charge in [-0.05, 0) is 30.3 Å². The van der Waals surface area contributed by atoms with E-state index in [0.717, 1.165) is 4.47 Å². The van der Waals surface area contributed by atoms with Gasteiger partial charge in [0.15, 0.2) is 5.65 Å². The number of nitrogens with one attached hydrogen (secondary N) is 1. The lowest BCUT2D eigenvalue weighted by atomic mass is 10.2. The van der Waals surface area contributed by atoms with Gasteiger partial charge in [-0.1, -0.05) is 27.5 Å². The highest BCUT2D eigenvalue weighted by atomic mass is 79.9. The van der Waals surface area contributed by atoms with E-state index in [9.17, 15) is 9.90 Å². The highest BCUT2D eigenvalue weighted by molar-refractivity contribution is 9.10. The summed E-state index contributed by atoms with van der Waals surface area (Å²) in [6, 6.07) is 8.20. The monoisotopic (exact) mass is 393 g/mol. The maximum Gasteiger partial charge on any atom is 0.309 e. The predicted molar refractivity (Wildman–Crippen MR) is 88.9 cm³/mol. The molecule has 2 heterocycles. The zero-order valence-corrected chi connectivity index (χ0v) is 13.8. The molecule has 0 saturated heterocycles. The van der Waals surface area contributed by atoms with Gasteiger partial charge in [0.05, 0.1) is 11.2 Å². The second-order valence-electron chi connectivity index (χ2n) is 4.48. The molecule has 0 spiro atoms. The van der Waals surface area contributed by atoms with Crippen LogP contribution in [0.25, 0.3) is 5.65 Å². The minimum atomic E-state index is -0.550. The normalized spacial score (nSPS) is 11.2. The summed E-state index contributed by atoms with van der Waals surface area (Å²) in [5.41, 5.74) is 3.16. The molecular formula is C14H9BrClN5O2. The third kappa shape index (κ3) is 3.17. The van der Waals surface area contributed by atoms with Crippen LogP contribution in [0.5, 0.6) is 5.75 Å². The average Bonchev–Trinajstić information content (AvgIpc) is 2.96. The molecular weight excluding hydrogens is 386 g/mol. The molecule has 0 fully saturated rings. The first kappa shape index (κ1) is 15.4. The van der Waals surface area contributed by atoms with Crippen LogP contribution in [0.15, 0.2) is 46.1 Å². The number of nitrogens with zero attached hydrogens (tertiary/aromatic N) is 4. The van der Waals surface area contributed by atoms with Crippen LogP contribution in [-0.4, -0.2) is 31.8 Å². The molecule has 1 aromatic carbocycles. The van der Waals surface area contributed by atoms with E-state index in [1.807, 2.05) is 0 Å². The van der Waals surface area contributed by atoms with Crippen LogP contribution in [0.4, 0.5) is 0 Å². The minimum Gasteiger partial charge on any atom is -0.507 e. The molecule has 3 rings (SSSR count). The number of rotatable bonds is 3. The fraction of sp³-hybridized carbons (Fsp3) is 0. The van der Waals surface area contributed by atoms with Crippen LogP contribution in [0.3, 0.4) is 0 Å². The summed E-state index contributed by atoms with van der Waals surface area (Å²) in [5.74, 6) is -0.450. The molecule has 9 heteroatoms. The molecule has 2 aromatic heterocycles. The van der Waals surface area contributed by atoms with Gasteiger partial charge in [0.25, 0.3) is 0 Å². The highest BCUT2D eigenvalue weighted by Crippen LogP contribution is 2.20. The van der Waals surface area contributed by atoms with E-state index in [1.165, 1.54) is 16.7 Å². The van der Waals surface area contributed by atoms with Gasteiger partial charge in [0, 0.05) is 16.2 Å². The molecule has 0 aliphatic carbocycles. The van der Waals surface area contributed by atoms with Gasteiger partial charge in [0.1, 0.15) is 5.75 Å². The number of pyridine rings is 1. The molecule has 116 valence electrons. The molecule has 0 bridgehead atoms. The van der Waals surface area contributed by atoms with E-state index < -0.39 is 5.91 Å². The summed E-state index contributed by atoms with van der Waals surface area (Å²) >= 11 is 9.26. The number of hydrazone groups is 1. The van der Waals surface area contributed by atoms with Gasteiger partial charge in [-0.25, -0.2) is 5.43 Å². The van der Waals surface area contributed by atoms with Crippen LogP contribution in [0.1, 0.15) is 16.2 Å². The molecule has 0 atom stereocenters. The molecule has 0 saturated carbocycles. The first-order valence-corrected chi connectivity index (χ1v) is 7.54. The summed E-state index contributed by atoms with van der Waals surface area (Å²) in [4.78, 5) is 12.1. The molecule has 0 unspecified atom stereocenters. The fourth-order valence-electron chi connectivity index (χ4n) is 1.88. The second-order valence-corrected chi connectivity index (χ2v) is 5.80. The number of carbonyl (C=O) groups excluding carboxylic acids is 1. The predicted octanol–water partition coefficient (Wildman–Crippen LogP) is 2.61. The summed E-state index contributed by atoms with van der Waals surface area (Å²) in [6.45, 7) is 0.